The Balaban J connectivity index is 4.12. The lowest BCUT2D eigenvalue weighted by molar-refractivity contribution is 0.263. The first-order valence-corrected chi connectivity index (χ1v) is 8.75. The van der Waals surface area contributed by atoms with Crippen LogP contribution in [-0.4, -0.2) is 19.3 Å². The van der Waals surface area contributed by atoms with E-state index in [0.29, 0.717) is 0 Å². The fraction of sp³-hybridized carbons (Fsp3) is 0.667. The lowest BCUT2D eigenvalue weighted by atomic mass is 10.1. The van der Waals surface area contributed by atoms with Crippen LogP contribution in [-0.2, 0) is 0 Å². The molecule has 0 rings (SSSR count). The summed E-state index contributed by atoms with van der Waals surface area (Å²) in [6, 6.07) is 0. The molecule has 0 heterocycles. The van der Waals surface area contributed by atoms with E-state index in [2.05, 4.69) is 44.6 Å². The Kier molecular flexibility index (Phi) is 5.83. The van der Waals surface area contributed by atoms with Crippen LogP contribution < -0.4 is 0 Å². The predicted molar refractivity (Wildman–Crippen MR) is 65.8 cm³/mol. The molecule has 0 aliphatic carbocycles. The molecule has 0 aliphatic rings. The third-order valence-electron chi connectivity index (χ3n) is 1.82. The average molecular weight is 210 g/mol. The summed E-state index contributed by atoms with van der Waals surface area (Å²) >= 11 is 0. The summed E-state index contributed by atoms with van der Waals surface area (Å²) in [5.74, 6) is 2.90. The highest BCUT2D eigenvalue weighted by Crippen LogP contribution is 2.09. The van der Waals surface area contributed by atoms with E-state index in [-0.39, 0.29) is 0 Å². The van der Waals surface area contributed by atoms with Crippen molar-refractivity contribution in [2.24, 2.45) is 0 Å². The van der Waals surface area contributed by atoms with Crippen molar-refractivity contribution >= 4 is 8.07 Å². The fourth-order valence-electron chi connectivity index (χ4n) is 0.927. The molecule has 0 saturated carbocycles. The molecular weight excluding hydrogens is 188 g/mol. The first kappa shape index (κ1) is 13.5. The van der Waals surface area contributed by atoms with Crippen molar-refractivity contribution < 1.29 is 5.11 Å². The predicted octanol–water partition coefficient (Wildman–Crippen LogP) is 2.97. The second-order valence-electron chi connectivity index (χ2n) is 4.68. The zero-order chi connectivity index (χ0) is 11.2. The van der Waals surface area contributed by atoms with Gasteiger partial charge >= 0.3 is 0 Å². The van der Waals surface area contributed by atoms with Gasteiger partial charge in [0.15, 0.2) is 0 Å². The standard InChI is InChI=1S/C12H22OSi/c1-6-7-8-11(2)12(13)9-10-14(3,4)5/h12-13H,2,6-8H2,1,3-5H3/t12-/m1/s1. The van der Waals surface area contributed by atoms with Gasteiger partial charge < -0.3 is 5.11 Å². The summed E-state index contributed by atoms with van der Waals surface area (Å²) in [6.45, 7) is 12.5. The van der Waals surface area contributed by atoms with E-state index >= 15 is 0 Å². The first-order valence-electron chi connectivity index (χ1n) is 5.25. The Morgan fingerprint density at radius 3 is 2.43 bits per heavy atom. The van der Waals surface area contributed by atoms with Crippen LogP contribution in [0.15, 0.2) is 12.2 Å². The van der Waals surface area contributed by atoms with E-state index in [0.717, 1.165) is 24.8 Å². The van der Waals surface area contributed by atoms with Crippen LogP contribution in [0.2, 0.25) is 19.6 Å². The topological polar surface area (TPSA) is 20.2 Å². The van der Waals surface area contributed by atoms with Crippen molar-refractivity contribution in [2.45, 2.75) is 51.9 Å². The smallest absolute Gasteiger partial charge is 0.135 e. The van der Waals surface area contributed by atoms with Gasteiger partial charge in [0.25, 0.3) is 0 Å². The molecule has 2 heteroatoms. The van der Waals surface area contributed by atoms with Gasteiger partial charge in [0.05, 0.1) is 0 Å². The van der Waals surface area contributed by atoms with Crippen molar-refractivity contribution in [1.29, 1.82) is 0 Å². The van der Waals surface area contributed by atoms with Crippen molar-refractivity contribution in [3.63, 3.8) is 0 Å². The molecular formula is C12H22OSi. The Hall–Kier alpha value is -0.523. The Morgan fingerprint density at radius 2 is 2.00 bits per heavy atom. The molecule has 0 aliphatic heterocycles. The molecule has 0 aromatic rings. The molecule has 14 heavy (non-hydrogen) atoms. The van der Waals surface area contributed by atoms with Crippen LogP contribution in [0.4, 0.5) is 0 Å². The maximum atomic E-state index is 9.66. The Bertz CT molecular complexity index is 239. The number of aliphatic hydroxyl groups excluding tert-OH is 1. The molecule has 0 unspecified atom stereocenters. The average Bonchev–Trinajstić information content (AvgIpc) is 2.09. The monoisotopic (exact) mass is 210 g/mol. The van der Waals surface area contributed by atoms with Gasteiger partial charge in [0.2, 0.25) is 0 Å². The minimum Gasteiger partial charge on any atom is -0.376 e. The summed E-state index contributed by atoms with van der Waals surface area (Å²) in [6.07, 6.45) is 2.49. The van der Waals surface area contributed by atoms with E-state index in [9.17, 15) is 5.11 Å². The third kappa shape index (κ3) is 6.94. The zero-order valence-corrected chi connectivity index (χ0v) is 10.9. The second kappa shape index (κ2) is 6.05. The van der Waals surface area contributed by atoms with Crippen molar-refractivity contribution in [1.82, 2.24) is 0 Å². The van der Waals surface area contributed by atoms with Gasteiger partial charge in [-0.2, -0.15) is 0 Å². The van der Waals surface area contributed by atoms with Gasteiger partial charge in [-0.3, -0.25) is 0 Å². The van der Waals surface area contributed by atoms with Crippen LogP contribution in [0, 0.1) is 11.5 Å². The number of hydrogen-bond acceptors (Lipinski definition) is 1. The zero-order valence-electron chi connectivity index (χ0n) is 9.85. The van der Waals surface area contributed by atoms with Gasteiger partial charge in [-0.05, 0) is 18.4 Å². The lowest BCUT2D eigenvalue weighted by Gasteiger charge is -2.09. The molecule has 1 N–H and O–H groups in total. The van der Waals surface area contributed by atoms with Gasteiger partial charge in [-0.25, -0.2) is 0 Å². The molecule has 80 valence electrons. The molecule has 0 saturated heterocycles. The SMILES string of the molecule is C=C(CCCC)[C@H](O)C#C[Si](C)(C)C. The van der Waals surface area contributed by atoms with Crippen LogP contribution in [0.5, 0.6) is 0 Å². The van der Waals surface area contributed by atoms with E-state index in [1.165, 1.54) is 0 Å². The quantitative estimate of drug-likeness (QED) is 0.430. The maximum absolute atomic E-state index is 9.66. The van der Waals surface area contributed by atoms with Gasteiger partial charge in [0.1, 0.15) is 14.2 Å². The van der Waals surface area contributed by atoms with E-state index in [1.54, 1.807) is 0 Å². The van der Waals surface area contributed by atoms with Gasteiger partial charge in [-0.1, -0.05) is 45.5 Å². The molecule has 0 bridgehead atoms. The third-order valence-corrected chi connectivity index (χ3v) is 2.72. The van der Waals surface area contributed by atoms with Crippen molar-refractivity contribution in [3.05, 3.63) is 12.2 Å². The number of rotatable bonds is 4. The maximum Gasteiger partial charge on any atom is 0.135 e. The van der Waals surface area contributed by atoms with E-state index in [1.807, 2.05) is 0 Å². The molecule has 0 fully saturated rings. The molecule has 0 radical (unpaired) electrons. The summed E-state index contributed by atoms with van der Waals surface area (Å²) < 4.78 is 0. The molecule has 1 nitrogen and oxygen atoms in total. The van der Waals surface area contributed by atoms with Crippen LogP contribution in [0.1, 0.15) is 26.2 Å². The molecule has 0 spiro atoms. The fourth-order valence-corrected chi connectivity index (χ4v) is 1.50. The molecule has 0 aromatic heterocycles. The number of hydrogen-bond donors (Lipinski definition) is 1. The summed E-state index contributed by atoms with van der Waals surface area (Å²) in [5.41, 5.74) is 4.02. The largest absolute Gasteiger partial charge is 0.376 e. The Labute approximate surface area is 89.2 Å². The highest BCUT2D eigenvalue weighted by molar-refractivity contribution is 6.83. The van der Waals surface area contributed by atoms with E-state index < -0.39 is 14.2 Å². The summed E-state index contributed by atoms with van der Waals surface area (Å²) in [4.78, 5) is 0. The van der Waals surface area contributed by atoms with Crippen molar-refractivity contribution in [2.75, 3.05) is 0 Å². The van der Waals surface area contributed by atoms with Gasteiger partial charge in [0, 0.05) is 0 Å². The normalized spacial score (nSPS) is 12.9. The summed E-state index contributed by atoms with van der Waals surface area (Å²) in [7, 11) is -1.36. The molecule has 0 aromatic carbocycles. The first-order chi connectivity index (χ1) is 6.37. The van der Waals surface area contributed by atoms with Crippen molar-refractivity contribution in [3.8, 4) is 11.5 Å². The second-order valence-corrected chi connectivity index (χ2v) is 9.43. The van der Waals surface area contributed by atoms with E-state index in [4.69, 9.17) is 0 Å². The highest BCUT2D eigenvalue weighted by atomic mass is 28.3. The lowest BCUT2D eigenvalue weighted by Crippen LogP contribution is -2.18. The molecule has 1 atom stereocenters. The van der Waals surface area contributed by atoms with Crippen LogP contribution in [0.3, 0.4) is 0 Å². The molecule has 0 amide bonds. The number of unbranched alkanes of at least 4 members (excludes halogenated alkanes) is 1. The minimum absolute atomic E-state index is 0.617. The van der Waals surface area contributed by atoms with Gasteiger partial charge in [-0.15, -0.1) is 5.54 Å². The number of aliphatic hydroxyl groups is 1. The van der Waals surface area contributed by atoms with Crippen LogP contribution >= 0.6 is 0 Å². The highest BCUT2D eigenvalue weighted by Gasteiger charge is 2.09. The minimum atomic E-state index is -1.36. The summed E-state index contributed by atoms with van der Waals surface area (Å²) in [5, 5.41) is 9.66. The Morgan fingerprint density at radius 1 is 1.43 bits per heavy atom. The van der Waals surface area contributed by atoms with Crippen LogP contribution in [0.25, 0.3) is 0 Å².